The third-order valence-electron chi connectivity index (χ3n) is 2.86. The van der Waals surface area contributed by atoms with Gasteiger partial charge in [-0.25, -0.2) is 0 Å². The quantitative estimate of drug-likeness (QED) is 0.826. The molecule has 3 heteroatoms. The van der Waals surface area contributed by atoms with Crippen LogP contribution in [0.2, 0.25) is 0 Å². The van der Waals surface area contributed by atoms with E-state index in [1.165, 1.54) is 0 Å². The summed E-state index contributed by atoms with van der Waals surface area (Å²) in [7, 11) is 1.66. The minimum atomic E-state index is -0.469. The molecule has 1 aromatic carbocycles. The number of hydrogen-bond acceptors (Lipinski definition) is 3. The van der Waals surface area contributed by atoms with E-state index < -0.39 is 6.10 Å². The van der Waals surface area contributed by atoms with Gasteiger partial charge in [-0.2, -0.15) is 0 Å². The Morgan fingerprint density at radius 3 is 2.18 bits per heavy atom. The molecule has 0 aliphatic heterocycles. The first-order valence-electron chi connectivity index (χ1n) is 6.02. The van der Waals surface area contributed by atoms with E-state index in [2.05, 4.69) is 19.2 Å². The molecular weight excluding hydrogens is 214 g/mol. The molecular formula is C14H23NO2. The van der Waals surface area contributed by atoms with Crippen LogP contribution in [0, 0.1) is 13.8 Å². The maximum atomic E-state index is 10.2. The molecule has 1 rings (SSSR count). The van der Waals surface area contributed by atoms with Gasteiger partial charge in [0.25, 0.3) is 0 Å². The van der Waals surface area contributed by atoms with E-state index in [-0.39, 0.29) is 0 Å². The maximum absolute atomic E-state index is 10.2. The number of aliphatic hydroxyl groups excluding tert-OH is 1. The van der Waals surface area contributed by atoms with Crippen molar-refractivity contribution in [1.82, 2.24) is 5.32 Å². The molecule has 2 N–H and O–H groups in total. The van der Waals surface area contributed by atoms with Crippen molar-refractivity contribution in [2.75, 3.05) is 13.7 Å². The zero-order valence-electron chi connectivity index (χ0n) is 11.4. The molecule has 0 aliphatic rings. The molecule has 0 aromatic heterocycles. The normalized spacial score (nSPS) is 12.9. The average molecular weight is 237 g/mol. The lowest BCUT2D eigenvalue weighted by Gasteiger charge is -2.19. The second-order valence-electron chi connectivity index (χ2n) is 4.75. The molecule has 0 saturated carbocycles. The summed E-state index contributed by atoms with van der Waals surface area (Å²) in [5.74, 6) is 0.841. The summed E-state index contributed by atoms with van der Waals surface area (Å²) in [6.07, 6.45) is -0.469. The largest absolute Gasteiger partial charge is 0.497 e. The average Bonchev–Trinajstić information content (AvgIpc) is 2.25. The number of hydrogen-bond donors (Lipinski definition) is 2. The van der Waals surface area contributed by atoms with E-state index in [4.69, 9.17) is 4.74 Å². The van der Waals surface area contributed by atoms with E-state index in [9.17, 15) is 5.11 Å². The summed E-state index contributed by atoms with van der Waals surface area (Å²) in [4.78, 5) is 0. The fourth-order valence-corrected chi connectivity index (χ4v) is 2.03. The zero-order valence-corrected chi connectivity index (χ0v) is 11.4. The second kappa shape index (κ2) is 6.03. The molecule has 0 bridgehead atoms. The molecule has 0 fully saturated rings. The number of nitrogens with one attached hydrogen (secondary N) is 1. The van der Waals surface area contributed by atoms with Crippen LogP contribution < -0.4 is 10.1 Å². The van der Waals surface area contributed by atoms with Crippen LogP contribution in [0.25, 0.3) is 0 Å². The van der Waals surface area contributed by atoms with Crippen LogP contribution in [0.15, 0.2) is 12.1 Å². The van der Waals surface area contributed by atoms with Gasteiger partial charge in [0, 0.05) is 12.6 Å². The molecule has 0 heterocycles. The van der Waals surface area contributed by atoms with E-state index in [1.807, 2.05) is 26.0 Å². The number of methoxy groups -OCH3 is 1. The van der Waals surface area contributed by atoms with Crippen LogP contribution in [-0.4, -0.2) is 24.8 Å². The van der Waals surface area contributed by atoms with Crippen molar-refractivity contribution in [2.24, 2.45) is 0 Å². The van der Waals surface area contributed by atoms with Crippen molar-refractivity contribution in [3.63, 3.8) is 0 Å². The van der Waals surface area contributed by atoms with Gasteiger partial charge < -0.3 is 15.2 Å². The predicted octanol–water partition coefficient (Wildman–Crippen LogP) is 2.34. The third kappa shape index (κ3) is 3.72. The third-order valence-corrected chi connectivity index (χ3v) is 2.86. The monoisotopic (exact) mass is 237 g/mol. The van der Waals surface area contributed by atoms with Gasteiger partial charge in [-0.05, 0) is 42.7 Å². The number of benzene rings is 1. The van der Waals surface area contributed by atoms with E-state index in [0.29, 0.717) is 12.6 Å². The van der Waals surface area contributed by atoms with Gasteiger partial charge in [0.15, 0.2) is 0 Å². The van der Waals surface area contributed by atoms with Crippen molar-refractivity contribution in [1.29, 1.82) is 0 Å². The van der Waals surface area contributed by atoms with Crippen LogP contribution in [0.4, 0.5) is 0 Å². The van der Waals surface area contributed by atoms with Gasteiger partial charge >= 0.3 is 0 Å². The number of aryl methyl sites for hydroxylation is 2. The number of ether oxygens (including phenoxy) is 1. The molecule has 3 nitrogen and oxygen atoms in total. The Morgan fingerprint density at radius 2 is 1.76 bits per heavy atom. The highest BCUT2D eigenvalue weighted by Gasteiger charge is 2.14. The predicted molar refractivity (Wildman–Crippen MR) is 70.6 cm³/mol. The van der Waals surface area contributed by atoms with E-state index in [1.54, 1.807) is 7.11 Å². The minimum Gasteiger partial charge on any atom is -0.497 e. The number of aliphatic hydroxyl groups is 1. The fourth-order valence-electron chi connectivity index (χ4n) is 2.03. The summed E-state index contributed by atoms with van der Waals surface area (Å²) in [5.41, 5.74) is 3.14. The van der Waals surface area contributed by atoms with Gasteiger partial charge in [0.1, 0.15) is 5.75 Å². The van der Waals surface area contributed by atoms with Crippen molar-refractivity contribution in [2.45, 2.75) is 39.8 Å². The van der Waals surface area contributed by atoms with Gasteiger partial charge in [0.2, 0.25) is 0 Å². The topological polar surface area (TPSA) is 41.5 Å². The molecule has 17 heavy (non-hydrogen) atoms. The van der Waals surface area contributed by atoms with Gasteiger partial charge in [-0.15, -0.1) is 0 Å². The molecule has 0 radical (unpaired) electrons. The highest BCUT2D eigenvalue weighted by Crippen LogP contribution is 2.26. The summed E-state index contributed by atoms with van der Waals surface area (Å²) in [5, 5.41) is 13.4. The fraction of sp³-hybridized carbons (Fsp3) is 0.571. The summed E-state index contributed by atoms with van der Waals surface area (Å²) in [6, 6.07) is 4.30. The standard InChI is InChI=1S/C14H23NO2/c1-9(2)15-8-13(16)14-10(3)6-12(17-5)7-11(14)4/h6-7,9,13,15-16H,8H2,1-5H3. The smallest absolute Gasteiger partial charge is 0.119 e. The zero-order chi connectivity index (χ0) is 13.0. The molecule has 1 unspecified atom stereocenters. The Balaban J connectivity index is 2.89. The first kappa shape index (κ1) is 14.0. The lowest BCUT2D eigenvalue weighted by molar-refractivity contribution is 0.170. The lowest BCUT2D eigenvalue weighted by atomic mass is 9.97. The highest BCUT2D eigenvalue weighted by molar-refractivity contribution is 5.42. The van der Waals surface area contributed by atoms with Crippen LogP contribution in [0.5, 0.6) is 5.75 Å². The Morgan fingerprint density at radius 1 is 1.24 bits per heavy atom. The van der Waals surface area contributed by atoms with Gasteiger partial charge in [-0.3, -0.25) is 0 Å². The Bertz CT molecular complexity index is 351. The van der Waals surface area contributed by atoms with Crippen molar-refractivity contribution >= 4 is 0 Å². The summed E-state index contributed by atoms with van der Waals surface area (Å²) in [6.45, 7) is 8.72. The lowest BCUT2D eigenvalue weighted by Crippen LogP contribution is -2.28. The first-order valence-corrected chi connectivity index (χ1v) is 6.02. The molecule has 1 aromatic rings. The summed E-state index contributed by atoms with van der Waals surface area (Å²) < 4.78 is 5.21. The highest BCUT2D eigenvalue weighted by atomic mass is 16.5. The summed E-state index contributed by atoms with van der Waals surface area (Å²) >= 11 is 0. The Hall–Kier alpha value is -1.06. The van der Waals surface area contributed by atoms with Crippen LogP contribution >= 0.6 is 0 Å². The molecule has 96 valence electrons. The first-order chi connectivity index (χ1) is 7.95. The van der Waals surface area contributed by atoms with E-state index >= 15 is 0 Å². The van der Waals surface area contributed by atoms with Crippen molar-refractivity contribution < 1.29 is 9.84 Å². The van der Waals surface area contributed by atoms with Gasteiger partial charge in [0.05, 0.1) is 13.2 Å². The van der Waals surface area contributed by atoms with Crippen molar-refractivity contribution in [3.05, 3.63) is 28.8 Å². The molecule has 1 atom stereocenters. The molecule has 0 amide bonds. The number of rotatable bonds is 5. The molecule has 0 spiro atoms. The molecule has 0 aliphatic carbocycles. The minimum absolute atomic E-state index is 0.378. The Kier molecular flexibility index (Phi) is 4.97. The van der Waals surface area contributed by atoms with Crippen molar-refractivity contribution in [3.8, 4) is 5.75 Å². The van der Waals surface area contributed by atoms with Gasteiger partial charge in [-0.1, -0.05) is 13.8 Å². The van der Waals surface area contributed by atoms with E-state index in [0.717, 1.165) is 22.4 Å². The second-order valence-corrected chi connectivity index (χ2v) is 4.75. The molecule has 0 saturated heterocycles. The van der Waals surface area contributed by atoms with Crippen LogP contribution in [-0.2, 0) is 0 Å². The van der Waals surface area contributed by atoms with Crippen LogP contribution in [0.3, 0.4) is 0 Å². The van der Waals surface area contributed by atoms with Crippen LogP contribution in [0.1, 0.15) is 36.6 Å². The SMILES string of the molecule is COc1cc(C)c(C(O)CNC(C)C)c(C)c1. The maximum Gasteiger partial charge on any atom is 0.119 e. The Labute approximate surface area is 104 Å².